The fourth-order valence-electron chi connectivity index (χ4n) is 2.17. The first-order valence-electron chi connectivity index (χ1n) is 6.33. The van der Waals surface area contributed by atoms with Gasteiger partial charge >= 0.3 is 0 Å². The molecule has 4 nitrogen and oxygen atoms in total. The fourth-order valence-corrected chi connectivity index (χ4v) is 2.17. The van der Waals surface area contributed by atoms with Crippen LogP contribution in [0.2, 0.25) is 0 Å². The number of piperidine rings is 1. The smallest absolute Gasteiger partial charge is 0.224 e. The van der Waals surface area contributed by atoms with Gasteiger partial charge in [-0.05, 0) is 38.6 Å². The van der Waals surface area contributed by atoms with Gasteiger partial charge in [0, 0.05) is 19.7 Å². The number of rotatable bonds is 6. The highest BCUT2D eigenvalue weighted by atomic mass is 16.5. The van der Waals surface area contributed by atoms with Gasteiger partial charge in [0.2, 0.25) is 5.91 Å². The van der Waals surface area contributed by atoms with Crippen LogP contribution in [-0.4, -0.2) is 43.7 Å². The summed E-state index contributed by atoms with van der Waals surface area (Å²) in [5.41, 5.74) is 5.54. The molecule has 1 fully saturated rings. The highest BCUT2D eigenvalue weighted by Gasteiger charge is 2.21. The van der Waals surface area contributed by atoms with Gasteiger partial charge in [-0.25, -0.2) is 0 Å². The monoisotopic (exact) mass is 228 g/mol. The number of likely N-dealkylation sites (tertiary alicyclic amines) is 1. The van der Waals surface area contributed by atoms with Crippen LogP contribution in [0.15, 0.2) is 0 Å². The highest BCUT2D eigenvalue weighted by molar-refractivity contribution is 5.76. The Bertz CT molecular complexity index is 201. The molecule has 0 spiro atoms. The summed E-state index contributed by atoms with van der Waals surface area (Å²) in [6, 6.07) is 0. The predicted molar refractivity (Wildman–Crippen MR) is 64.1 cm³/mol. The minimum Gasteiger partial charge on any atom is -0.381 e. The van der Waals surface area contributed by atoms with Gasteiger partial charge in [-0.2, -0.15) is 0 Å². The number of nitrogens with two attached hydrogens (primary N) is 1. The number of ether oxygens (including phenoxy) is 1. The first kappa shape index (κ1) is 13.5. The van der Waals surface area contributed by atoms with Gasteiger partial charge in [0.25, 0.3) is 0 Å². The van der Waals surface area contributed by atoms with Crippen molar-refractivity contribution in [3.63, 3.8) is 0 Å². The summed E-state index contributed by atoms with van der Waals surface area (Å²) in [6.07, 6.45) is 3.84. The average Bonchev–Trinajstić information content (AvgIpc) is 2.30. The number of nitrogens with zero attached hydrogens (tertiary/aromatic N) is 1. The van der Waals surface area contributed by atoms with Crippen LogP contribution < -0.4 is 5.73 Å². The fraction of sp³-hybridized carbons (Fsp3) is 0.917. The lowest BCUT2D eigenvalue weighted by atomic mass is 9.93. The minimum atomic E-state index is 0.236. The van der Waals surface area contributed by atoms with Crippen LogP contribution in [0.4, 0.5) is 0 Å². The first-order valence-corrected chi connectivity index (χ1v) is 6.33. The Hall–Kier alpha value is -0.610. The van der Waals surface area contributed by atoms with E-state index in [1.165, 1.54) is 0 Å². The van der Waals surface area contributed by atoms with E-state index in [1.54, 1.807) is 0 Å². The molecule has 0 aromatic heterocycles. The predicted octanol–water partition coefficient (Wildman–Crippen LogP) is 1.00. The lowest BCUT2D eigenvalue weighted by molar-refractivity contribution is -0.133. The highest BCUT2D eigenvalue weighted by Crippen LogP contribution is 2.20. The SMILES string of the molecule is CCOCCC(=O)N1CCC(CCN)CC1. The van der Waals surface area contributed by atoms with Gasteiger partial charge < -0.3 is 15.4 Å². The molecule has 1 saturated heterocycles. The van der Waals surface area contributed by atoms with Crippen LogP contribution in [0.3, 0.4) is 0 Å². The molecule has 1 aliphatic heterocycles. The number of amides is 1. The molecule has 1 aliphatic rings. The van der Waals surface area contributed by atoms with E-state index in [4.69, 9.17) is 10.5 Å². The Kier molecular flexibility index (Phi) is 6.42. The Morgan fingerprint density at radius 3 is 2.69 bits per heavy atom. The van der Waals surface area contributed by atoms with Gasteiger partial charge in [0.05, 0.1) is 13.0 Å². The molecular weight excluding hydrogens is 204 g/mol. The van der Waals surface area contributed by atoms with Gasteiger partial charge in [0.1, 0.15) is 0 Å². The molecular formula is C12H24N2O2. The van der Waals surface area contributed by atoms with Crippen LogP contribution >= 0.6 is 0 Å². The van der Waals surface area contributed by atoms with Crippen LogP contribution in [0.25, 0.3) is 0 Å². The van der Waals surface area contributed by atoms with E-state index in [-0.39, 0.29) is 5.91 Å². The summed E-state index contributed by atoms with van der Waals surface area (Å²) >= 11 is 0. The summed E-state index contributed by atoms with van der Waals surface area (Å²) in [7, 11) is 0. The second kappa shape index (κ2) is 7.63. The molecule has 0 aromatic rings. The second-order valence-corrected chi connectivity index (χ2v) is 4.35. The Balaban J connectivity index is 2.17. The second-order valence-electron chi connectivity index (χ2n) is 4.35. The van der Waals surface area contributed by atoms with E-state index in [9.17, 15) is 4.79 Å². The zero-order valence-corrected chi connectivity index (χ0v) is 10.3. The molecule has 2 N–H and O–H groups in total. The van der Waals surface area contributed by atoms with Crippen LogP contribution in [-0.2, 0) is 9.53 Å². The zero-order valence-electron chi connectivity index (χ0n) is 10.3. The van der Waals surface area contributed by atoms with Crippen molar-refractivity contribution in [3.05, 3.63) is 0 Å². The van der Waals surface area contributed by atoms with Crippen molar-refractivity contribution in [2.75, 3.05) is 32.8 Å². The van der Waals surface area contributed by atoms with Gasteiger partial charge in [-0.3, -0.25) is 4.79 Å². The third-order valence-corrected chi connectivity index (χ3v) is 3.21. The van der Waals surface area contributed by atoms with E-state index in [0.717, 1.165) is 44.8 Å². The molecule has 1 amide bonds. The molecule has 0 bridgehead atoms. The average molecular weight is 228 g/mol. The zero-order chi connectivity index (χ0) is 11.8. The maximum atomic E-state index is 11.8. The molecule has 16 heavy (non-hydrogen) atoms. The normalized spacial score (nSPS) is 17.8. The first-order chi connectivity index (χ1) is 7.77. The van der Waals surface area contributed by atoms with Gasteiger partial charge in [0.15, 0.2) is 0 Å². The van der Waals surface area contributed by atoms with Crippen molar-refractivity contribution in [1.29, 1.82) is 0 Å². The molecule has 4 heteroatoms. The van der Waals surface area contributed by atoms with E-state index in [2.05, 4.69) is 0 Å². The summed E-state index contributed by atoms with van der Waals surface area (Å²) in [5.74, 6) is 0.959. The number of hydrogen-bond donors (Lipinski definition) is 1. The van der Waals surface area contributed by atoms with Crippen molar-refractivity contribution in [2.45, 2.75) is 32.6 Å². The lowest BCUT2D eigenvalue weighted by Crippen LogP contribution is -2.39. The molecule has 0 aliphatic carbocycles. The molecule has 1 heterocycles. The van der Waals surface area contributed by atoms with E-state index in [0.29, 0.717) is 19.6 Å². The molecule has 0 atom stereocenters. The van der Waals surface area contributed by atoms with Crippen molar-refractivity contribution < 1.29 is 9.53 Å². The van der Waals surface area contributed by atoms with Crippen molar-refractivity contribution >= 4 is 5.91 Å². The van der Waals surface area contributed by atoms with E-state index in [1.807, 2.05) is 11.8 Å². The maximum absolute atomic E-state index is 11.8. The van der Waals surface area contributed by atoms with Crippen molar-refractivity contribution in [3.8, 4) is 0 Å². The summed E-state index contributed by atoms with van der Waals surface area (Å²) < 4.78 is 5.19. The van der Waals surface area contributed by atoms with E-state index >= 15 is 0 Å². The summed E-state index contributed by atoms with van der Waals surface area (Å²) in [6.45, 7) is 5.75. The Morgan fingerprint density at radius 1 is 1.44 bits per heavy atom. The standard InChI is InChI=1S/C12H24N2O2/c1-2-16-10-6-12(15)14-8-4-11(3-7-13)5-9-14/h11H,2-10,13H2,1H3. The molecule has 0 saturated carbocycles. The van der Waals surface area contributed by atoms with Gasteiger partial charge in [-0.15, -0.1) is 0 Å². The number of hydrogen-bond acceptors (Lipinski definition) is 3. The van der Waals surface area contributed by atoms with Crippen LogP contribution in [0, 0.1) is 5.92 Å². The molecule has 94 valence electrons. The Labute approximate surface area is 98.1 Å². The molecule has 1 rings (SSSR count). The maximum Gasteiger partial charge on any atom is 0.224 e. The van der Waals surface area contributed by atoms with Crippen molar-refractivity contribution in [2.24, 2.45) is 11.7 Å². The minimum absolute atomic E-state index is 0.236. The molecule has 0 unspecified atom stereocenters. The summed E-state index contributed by atoms with van der Waals surface area (Å²) in [4.78, 5) is 13.7. The Morgan fingerprint density at radius 2 is 2.12 bits per heavy atom. The number of carbonyl (C=O) groups excluding carboxylic acids is 1. The quantitative estimate of drug-likeness (QED) is 0.690. The molecule has 0 aromatic carbocycles. The van der Waals surface area contributed by atoms with Gasteiger partial charge in [-0.1, -0.05) is 0 Å². The molecule has 0 radical (unpaired) electrons. The lowest BCUT2D eigenvalue weighted by Gasteiger charge is -2.31. The summed E-state index contributed by atoms with van der Waals surface area (Å²) in [5, 5.41) is 0. The van der Waals surface area contributed by atoms with Crippen LogP contribution in [0.1, 0.15) is 32.6 Å². The third kappa shape index (κ3) is 4.49. The van der Waals surface area contributed by atoms with Crippen LogP contribution in [0.5, 0.6) is 0 Å². The largest absolute Gasteiger partial charge is 0.381 e. The van der Waals surface area contributed by atoms with Crippen molar-refractivity contribution in [1.82, 2.24) is 4.90 Å². The third-order valence-electron chi connectivity index (χ3n) is 3.21. The topological polar surface area (TPSA) is 55.6 Å². The van der Waals surface area contributed by atoms with E-state index < -0.39 is 0 Å². The number of carbonyl (C=O) groups is 1.